The van der Waals surface area contributed by atoms with Crippen molar-refractivity contribution in [2.24, 2.45) is 0 Å². The first kappa shape index (κ1) is 15.5. The van der Waals surface area contributed by atoms with Gasteiger partial charge in [-0.2, -0.15) is 0 Å². The van der Waals surface area contributed by atoms with Gasteiger partial charge in [-0.3, -0.25) is 0 Å². The number of hydrogen-bond acceptors (Lipinski definition) is 4. The molecule has 3 rings (SSSR count). The Kier molecular flexibility index (Phi) is 7.74. The van der Waals surface area contributed by atoms with E-state index < -0.39 is 40.0 Å². The summed E-state index contributed by atoms with van der Waals surface area (Å²) in [7, 11) is -2.61. The molecule has 0 aromatic heterocycles. The fraction of sp³-hybridized carbons (Fsp3) is 0. The third-order valence-electron chi connectivity index (χ3n) is 2.55. The molecule has 8 heteroatoms. The molecule has 0 N–H and O–H groups in total. The predicted octanol–water partition coefficient (Wildman–Crippen LogP) is -0.585. The maximum Gasteiger partial charge on any atom is 0.286 e. The van der Waals surface area contributed by atoms with Gasteiger partial charge < -0.3 is 16.5 Å². The molecular weight excluding hydrogens is 320 g/mol. The highest BCUT2D eigenvalue weighted by Crippen LogP contribution is 2.17. The third-order valence-corrected chi connectivity index (χ3v) is 7.88. The average molecular weight is 339 g/mol. The number of rotatable bonds is 1. The first-order chi connectivity index (χ1) is 9.97. The summed E-state index contributed by atoms with van der Waals surface area (Å²) in [5.41, 5.74) is 2.55. The Morgan fingerprint density at radius 3 is 1.05 bits per heavy atom. The smallest absolute Gasteiger partial charge is 0.286 e. The van der Waals surface area contributed by atoms with E-state index in [9.17, 15) is 0 Å². The lowest BCUT2D eigenvalue weighted by Crippen LogP contribution is -2.23. The summed E-state index contributed by atoms with van der Waals surface area (Å²) in [5.74, 6) is 0. The Labute approximate surface area is 128 Å². The normalized spacial score (nSPS) is 20.2. The Balaban J connectivity index is 0.000000160. The summed E-state index contributed by atoms with van der Waals surface area (Å²) >= 11 is 0. The van der Waals surface area contributed by atoms with Gasteiger partial charge in [0.2, 0.25) is 0 Å². The number of benzene rings is 2. The van der Waals surface area contributed by atoms with E-state index in [4.69, 9.17) is 16.5 Å². The fourth-order valence-corrected chi connectivity index (χ4v) is 8.85. The minimum absolute atomic E-state index is 0.653. The maximum absolute atomic E-state index is 5.10. The molecule has 0 aliphatic carbocycles. The Hall–Kier alpha value is -0.852. The molecule has 1 saturated heterocycles. The molecule has 2 aromatic carbocycles. The summed E-state index contributed by atoms with van der Waals surface area (Å²) in [6.07, 6.45) is 0. The SMILES string of the molecule is O1[SiH2]O[SiH2]O[SiH2]O[SiH2]1.c1ccc(-c2ccccc2)cc1. The molecule has 1 heterocycles. The predicted molar refractivity (Wildman–Crippen MR) is 90.4 cm³/mol. The van der Waals surface area contributed by atoms with E-state index in [0.717, 1.165) is 0 Å². The summed E-state index contributed by atoms with van der Waals surface area (Å²) in [6, 6.07) is 20.8. The van der Waals surface area contributed by atoms with E-state index in [-0.39, 0.29) is 0 Å². The molecular formula is C12H18O4Si4. The molecule has 4 nitrogen and oxygen atoms in total. The van der Waals surface area contributed by atoms with Gasteiger partial charge in [-0.15, -0.1) is 0 Å². The largest absolute Gasteiger partial charge is 0.425 e. The van der Waals surface area contributed by atoms with Crippen LogP contribution in [0.15, 0.2) is 60.7 Å². The standard InChI is InChI=1S/C12H10.H8O4Si4/c1-3-7-11(8-4-1)12-9-5-2-6-10-12;1-5-2-7-4-8-3-6-1/h1-10H;5-8H2. The molecule has 106 valence electrons. The minimum atomic E-state index is -0.653. The molecule has 1 aliphatic heterocycles. The van der Waals surface area contributed by atoms with E-state index >= 15 is 0 Å². The Morgan fingerprint density at radius 1 is 0.450 bits per heavy atom. The van der Waals surface area contributed by atoms with Crippen LogP contribution < -0.4 is 0 Å². The van der Waals surface area contributed by atoms with Crippen LogP contribution in [0.25, 0.3) is 11.1 Å². The van der Waals surface area contributed by atoms with Crippen LogP contribution in [0.3, 0.4) is 0 Å². The van der Waals surface area contributed by atoms with Gasteiger partial charge in [0.15, 0.2) is 0 Å². The number of hydrogen-bond donors (Lipinski definition) is 0. The van der Waals surface area contributed by atoms with Gasteiger partial charge in [0.05, 0.1) is 0 Å². The van der Waals surface area contributed by atoms with E-state index in [1.54, 1.807) is 0 Å². The van der Waals surface area contributed by atoms with Gasteiger partial charge in [-0.1, -0.05) is 60.7 Å². The van der Waals surface area contributed by atoms with Gasteiger partial charge >= 0.3 is 0 Å². The van der Waals surface area contributed by atoms with E-state index in [1.807, 2.05) is 12.1 Å². The average Bonchev–Trinajstić information content (AvgIpc) is 2.49. The zero-order valence-electron chi connectivity index (χ0n) is 11.2. The lowest BCUT2D eigenvalue weighted by molar-refractivity contribution is 0.347. The third kappa shape index (κ3) is 6.07. The highest BCUT2D eigenvalue weighted by molar-refractivity contribution is 6.50. The van der Waals surface area contributed by atoms with Crippen LogP contribution in [0.5, 0.6) is 0 Å². The maximum atomic E-state index is 5.10. The Morgan fingerprint density at radius 2 is 0.750 bits per heavy atom. The molecule has 0 amide bonds. The van der Waals surface area contributed by atoms with Crippen molar-refractivity contribution in [3.05, 3.63) is 60.7 Å². The highest BCUT2D eigenvalue weighted by atomic mass is 28.4. The second-order valence-corrected chi connectivity index (χ2v) is 11.5. The fourth-order valence-electron chi connectivity index (χ4n) is 1.63. The van der Waals surface area contributed by atoms with Crippen molar-refractivity contribution >= 4 is 40.0 Å². The van der Waals surface area contributed by atoms with E-state index in [1.165, 1.54) is 11.1 Å². The lowest BCUT2D eigenvalue weighted by Gasteiger charge is -2.10. The topological polar surface area (TPSA) is 36.9 Å². The molecule has 0 atom stereocenters. The van der Waals surface area contributed by atoms with Crippen LogP contribution in [0.2, 0.25) is 0 Å². The molecule has 1 aliphatic rings. The Bertz CT molecular complexity index is 410. The second kappa shape index (κ2) is 9.96. The van der Waals surface area contributed by atoms with Gasteiger partial charge in [-0.05, 0) is 11.1 Å². The zero-order chi connectivity index (χ0) is 13.9. The molecule has 0 unspecified atom stereocenters. The van der Waals surface area contributed by atoms with Crippen LogP contribution in [0.4, 0.5) is 0 Å². The lowest BCUT2D eigenvalue weighted by atomic mass is 10.1. The van der Waals surface area contributed by atoms with Crippen LogP contribution in [0, 0.1) is 0 Å². The van der Waals surface area contributed by atoms with Crippen molar-refractivity contribution in [3.63, 3.8) is 0 Å². The van der Waals surface area contributed by atoms with Gasteiger partial charge in [-0.25, -0.2) is 0 Å². The minimum Gasteiger partial charge on any atom is -0.425 e. The van der Waals surface area contributed by atoms with Gasteiger partial charge in [0.25, 0.3) is 40.0 Å². The summed E-state index contributed by atoms with van der Waals surface area (Å²) in [6.45, 7) is 0. The van der Waals surface area contributed by atoms with Crippen molar-refractivity contribution in [2.75, 3.05) is 0 Å². The van der Waals surface area contributed by atoms with Gasteiger partial charge in [0.1, 0.15) is 0 Å². The molecule has 0 spiro atoms. The van der Waals surface area contributed by atoms with Crippen LogP contribution in [0.1, 0.15) is 0 Å². The van der Waals surface area contributed by atoms with Crippen LogP contribution in [-0.4, -0.2) is 40.0 Å². The molecule has 0 bridgehead atoms. The first-order valence-electron chi connectivity index (χ1n) is 6.38. The van der Waals surface area contributed by atoms with E-state index in [2.05, 4.69) is 48.5 Å². The molecule has 20 heavy (non-hydrogen) atoms. The monoisotopic (exact) mass is 338 g/mol. The molecule has 1 fully saturated rings. The summed E-state index contributed by atoms with van der Waals surface area (Å²) < 4.78 is 20.4. The summed E-state index contributed by atoms with van der Waals surface area (Å²) in [5, 5.41) is 0. The van der Waals surface area contributed by atoms with Crippen LogP contribution in [-0.2, 0) is 16.5 Å². The van der Waals surface area contributed by atoms with Gasteiger partial charge in [0, 0.05) is 0 Å². The van der Waals surface area contributed by atoms with Crippen molar-refractivity contribution in [1.82, 2.24) is 0 Å². The van der Waals surface area contributed by atoms with Crippen molar-refractivity contribution in [2.45, 2.75) is 0 Å². The zero-order valence-corrected chi connectivity index (χ0v) is 16.9. The molecule has 0 saturated carbocycles. The second-order valence-electron chi connectivity index (χ2n) is 4.02. The van der Waals surface area contributed by atoms with Crippen molar-refractivity contribution < 1.29 is 16.5 Å². The van der Waals surface area contributed by atoms with Crippen molar-refractivity contribution in [1.29, 1.82) is 0 Å². The molecule has 0 radical (unpaired) electrons. The first-order valence-corrected chi connectivity index (χ1v) is 11.0. The molecule has 2 aromatic rings. The quantitative estimate of drug-likeness (QED) is 0.652. The van der Waals surface area contributed by atoms with Crippen LogP contribution >= 0.6 is 0 Å². The highest BCUT2D eigenvalue weighted by Gasteiger charge is 1.97. The van der Waals surface area contributed by atoms with E-state index in [0.29, 0.717) is 0 Å². The van der Waals surface area contributed by atoms with Crippen molar-refractivity contribution in [3.8, 4) is 11.1 Å². The summed E-state index contributed by atoms with van der Waals surface area (Å²) in [4.78, 5) is 0.